The number of thioether (sulfide) groups is 1. The Hall–Kier alpha value is -0.750. The molecule has 6 heteroatoms. The quantitative estimate of drug-likeness (QED) is 0.455. The van der Waals surface area contributed by atoms with Crippen molar-refractivity contribution in [1.82, 2.24) is 4.90 Å². The van der Waals surface area contributed by atoms with Gasteiger partial charge < -0.3 is 16.4 Å². The zero-order valence-electron chi connectivity index (χ0n) is 8.79. The Morgan fingerprint density at radius 3 is 2.36 bits per heavy atom. The molecule has 0 atom stereocenters. The summed E-state index contributed by atoms with van der Waals surface area (Å²) in [7, 11) is 0. The molecule has 0 bridgehead atoms. The third-order valence-electron chi connectivity index (χ3n) is 1.77. The number of hydrogen-bond donors (Lipinski definition) is 3. The number of nitrogens with one attached hydrogen (secondary N) is 1. The van der Waals surface area contributed by atoms with Crippen molar-refractivity contribution in [2.45, 2.75) is 13.8 Å². The molecule has 0 aliphatic carbocycles. The number of aliphatic imine (C=N–C) groups is 1. The maximum absolute atomic E-state index is 7.37. The van der Waals surface area contributed by atoms with Gasteiger partial charge in [0, 0.05) is 12.3 Å². The molecule has 0 aliphatic heterocycles. The predicted molar refractivity (Wildman–Crippen MR) is 63.8 cm³/mol. The summed E-state index contributed by atoms with van der Waals surface area (Å²) in [6, 6.07) is 0. The lowest BCUT2D eigenvalue weighted by molar-refractivity contribution is 0.324. The van der Waals surface area contributed by atoms with Crippen LogP contribution in [0.3, 0.4) is 0 Å². The summed E-state index contributed by atoms with van der Waals surface area (Å²) in [5, 5.41) is 7.55. The molecule has 0 aromatic rings. The Morgan fingerprint density at radius 1 is 1.36 bits per heavy atom. The fraction of sp³-hybridized carbons (Fsp3) is 0.750. The molecule has 0 rings (SSSR count). The Bertz CT molecular complexity index is 196. The van der Waals surface area contributed by atoms with Crippen molar-refractivity contribution >= 4 is 22.9 Å². The van der Waals surface area contributed by atoms with Crippen LogP contribution in [-0.2, 0) is 0 Å². The maximum atomic E-state index is 7.37. The second-order valence-electron chi connectivity index (χ2n) is 2.72. The summed E-state index contributed by atoms with van der Waals surface area (Å²) in [6.07, 6.45) is 0. The lowest BCUT2D eigenvalue weighted by Gasteiger charge is -2.16. The van der Waals surface area contributed by atoms with Gasteiger partial charge in [0.15, 0.2) is 11.1 Å². The highest BCUT2D eigenvalue weighted by Gasteiger charge is 2.00. The first-order valence-electron chi connectivity index (χ1n) is 4.63. The molecule has 0 saturated heterocycles. The summed E-state index contributed by atoms with van der Waals surface area (Å²) in [4.78, 5) is 5.91. The van der Waals surface area contributed by atoms with E-state index < -0.39 is 0 Å². The van der Waals surface area contributed by atoms with E-state index in [4.69, 9.17) is 16.9 Å². The fourth-order valence-electron chi connectivity index (χ4n) is 0.961. The number of hydrogen-bond acceptors (Lipinski definition) is 3. The fourth-order valence-corrected chi connectivity index (χ4v) is 1.67. The van der Waals surface area contributed by atoms with Crippen molar-refractivity contribution in [3.8, 4) is 0 Å². The van der Waals surface area contributed by atoms with E-state index in [1.54, 1.807) is 0 Å². The first kappa shape index (κ1) is 13.2. The van der Waals surface area contributed by atoms with Crippen molar-refractivity contribution in [2.24, 2.45) is 16.5 Å². The van der Waals surface area contributed by atoms with Crippen LogP contribution >= 0.6 is 11.8 Å². The van der Waals surface area contributed by atoms with Crippen molar-refractivity contribution in [3.05, 3.63) is 0 Å². The van der Waals surface area contributed by atoms with Crippen LogP contribution < -0.4 is 11.5 Å². The van der Waals surface area contributed by atoms with Gasteiger partial charge in [-0.15, -0.1) is 0 Å². The lowest BCUT2D eigenvalue weighted by atomic mass is 10.5. The van der Waals surface area contributed by atoms with E-state index in [2.05, 4.69) is 23.7 Å². The first-order valence-corrected chi connectivity index (χ1v) is 5.62. The number of nitrogens with zero attached hydrogens (tertiary/aromatic N) is 2. The zero-order chi connectivity index (χ0) is 11.0. The van der Waals surface area contributed by atoms with Gasteiger partial charge in [0.05, 0.1) is 0 Å². The topological polar surface area (TPSA) is 91.5 Å². The van der Waals surface area contributed by atoms with E-state index in [9.17, 15) is 0 Å². The number of rotatable bonds is 5. The summed E-state index contributed by atoms with van der Waals surface area (Å²) >= 11 is 1.36. The molecular formula is C8H19N5S. The minimum absolute atomic E-state index is 0.0506. The van der Waals surface area contributed by atoms with Crippen molar-refractivity contribution in [3.63, 3.8) is 0 Å². The number of amidine groups is 1. The molecule has 0 aromatic carbocycles. The van der Waals surface area contributed by atoms with Gasteiger partial charge in [-0.1, -0.05) is 25.6 Å². The summed E-state index contributed by atoms with van der Waals surface area (Å²) < 4.78 is 0. The molecule has 0 radical (unpaired) electrons. The van der Waals surface area contributed by atoms with E-state index >= 15 is 0 Å². The average molecular weight is 217 g/mol. The van der Waals surface area contributed by atoms with Gasteiger partial charge in [0.2, 0.25) is 0 Å². The molecule has 0 amide bonds. The van der Waals surface area contributed by atoms with Crippen molar-refractivity contribution in [2.75, 3.05) is 25.4 Å². The van der Waals surface area contributed by atoms with Crippen LogP contribution in [-0.4, -0.2) is 41.4 Å². The van der Waals surface area contributed by atoms with Crippen LogP contribution in [0, 0.1) is 5.41 Å². The minimum atomic E-state index is -0.0506. The van der Waals surface area contributed by atoms with Crippen LogP contribution in [0.15, 0.2) is 4.99 Å². The molecule has 14 heavy (non-hydrogen) atoms. The molecule has 0 spiro atoms. The molecule has 5 N–H and O–H groups in total. The standard InChI is InChI=1S/C8H19N5S/c1-3-13(4-2)5-6-14-8(11)12-7(9)10/h3-6H2,1-2H3,(H5,9,10,11,12). The molecule has 0 heterocycles. The molecule has 0 aromatic heterocycles. The molecule has 0 aliphatic rings. The zero-order valence-corrected chi connectivity index (χ0v) is 9.60. The van der Waals surface area contributed by atoms with Crippen LogP contribution in [0.5, 0.6) is 0 Å². The van der Waals surface area contributed by atoms with Gasteiger partial charge in [0.25, 0.3) is 0 Å². The van der Waals surface area contributed by atoms with E-state index in [1.165, 1.54) is 11.8 Å². The minimum Gasteiger partial charge on any atom is -0.370 e. The van der Waals surface area contributed by atoms with Crippen LogP contribution in [0.1, 0.15) is 13.8 Å². The van der Waals surface area contributed by atoms with Crippen molar-refractivity contribution < 1.29 is 0 Å². The molecule has 82 valence electrons. The second kappa shape index (κ2) is 7.64. The molecule has 0 saturated carbocycles. The highest BCUT2D eigenvalue weighted by atomic mass is 32.2. The van der Waals surface area contributed by atoms with Gasteiger partial charge in [-0.3, -0.25) is 5.41 Å². The van der Waals surface area contributed by atoms with E-state index in [1.807, 2.05) is 0 Å². The van der Waals surface area contributed by atoms with Gasteiger partial charge in [0.1, 0.15) is 0 Å². The maximum Gasteiger partial charge on any atom is 0.193 e. The van der Waals surface area contributed by atoms with Gasteiger partial charge in [-0.2, -0.15) is 4.99 Å². The van der Waals surface area contributed by atoms with Crippen molar-refractivity contribution in [1.29, 1.82) is 5.41 Å². The first-order chi connectivity index (χ1) is 6.60. The third kappa shape index (κ3) is 6.73. The summed E-state index contributed by atoms with van der Waals surface area (Å²) in [6.45, 7) is 7.27. The summed E-state index contributed by atoms with van der Waals surface area (Å²) in [5.41, 5.74) is 10.3. The highest BCUT2D eigenvalue weighted by molar-refractivity contribution is 8.13. The molecular weight excluding hydrogens is 198 g/mol. The Balaban J connectivity index is 3.63. The molecule has 0 unspecified atom stereocenters. The average Bonchev–Trinajstić information content (AvgIpc) is 2.11. The number of guanidine groups is 1. The summed E-state index contributed by atoms with van der Waals surface area (Å²) in [5.74, 6) is 0.794. The third-order valence-corrected chi connectivity index (χ3v) is 2.52. The smallest absolute Gasteiger partial charge is 0.193 e. The Morgan fingerprint density at radius 2 is 1.93 bits per heavy atom. The van der Waals surface area contributed by atoms with Gasteiger partial charge >= 0.3 is 0 Å². The van der Waals surface area contributed by atoms with E-state index in [-0.39, 0.29) is 11.1 Å². The van der Waals surface area contributed by atoms with Gasteiger partial charge in [-0.25, -0.2) is 0 Å². The second-order valence-corrected chi connectivity index (χ2v) is 3.80. The lowest BCUT2D eigenvalue weighted by Crippen LogP contribution is -2.26. The largest absolute Gasteiger partial charge is 0.370 e. The molecule has 0 fully saturated rings. The van der Waals surface area contributed by atoms with E-state index in [0.717, 1.165) is 25.4 Å². The predicted octanol–water partition coefficient (Wildman–Crippen LogP) is 0.270. The highest BCUT2D eigenvalue weighted by Crippen LogP contribution is 2.03. The van der Waals surface area contributed by atoms with E-state index in [0.29, 0.717) is 0 Å². The van der Waals surface area contributed by atoms with Crippen LogP contribution in [0.25, 0.3) is 0 Å². The Kier molecular flexibility index (Phi) is 7.23. The number of nitrogens with two attached hydrogens (primary N) is 2. The Labute approximate surface area is 89.4 Å². The molecule has 5 nitrogen and oxygen atoms in total. The SMILES string of the molecule is CCN(CC)CCSC(=N)N=C(N)N. The monoisotopic (exact) mass is 217 g/mol. The van der Waals surface area contributed by atoms with Gasteiger partial charge in [-0.05, 0) is 13.1 Å². The van der Waals surface area contributed by atoms with Crippen LogP contribution in [0.2, 0.25) is 0 Å². The van der Waals surface area contributed by atoms with Crippen LogP contribution in [0.4, 0.5) is 0 Å². The normalized spacial score (nSPS) is 10.2.